The van der Waals surface area contributed by atoms with Gasteiger partial charge in [-0.2, -0.15) is 0 Å². The van der Waals surface area contributed by atoms with E-state index in [2.05, 4.69) is 0 Å². The van der Waals surface area contributed by atoms with E-state index < -0.39 is 11.7 Å². The van der Waals surface area contributed by atoms with Gasteiger partial charge in [0.15, 0.2) is 0 Å². The predicted octanol–water partition coefficient (Wildman–Crippen LogP) is 4.62. The molecule has 4 nitrogen and oxygen atoms in total. The molecule has 0 aliphatic carbocycles. The van der Waals surface area contributed by atoms with Gasteiger partial charge in [-0.05, 0) is 44.2 Å². The van der Waals surface area contributed by atoms with Crippen molar-refractivity contribution >= 4 is 12.0 Å². The summed E-state index contributed by atoms with van der Waals surface area (Å²) in [6.07, 6.45) is 1.36. The molecule has 142 valence electrons. The predicted molar refractivity (Wildman–Crippen MR) is 105 cm³/mol. The van der Waals surface area contributed by atoms with Crippen molar-refractivity contribution in [1.29, 1.82) is 0 Å². The zero-order valence-electron chi connectivity index (χ0n) is 16.2. The van der Waals surface area contributed by atoms with Crippen molar-refractivity contribution < 1.29 is 14.3 Å². The second-order valence-corrected chi connectivity index (χ2v) is 7.68. The monoisotopic (exact) mass is 365 g/mol. The molecule has 0 saturated carbocycles. The van der Waals surface area contributed by atoms with Gasteiger partial charge in [0.1, 0.15) is 5.60 Å². The summed E-state index contributed by atoms with van der Waals surface area (Å²) in [6, 6.07) is 19.6. The quantitative estimate of drug-likeness (QED) is 0.750. The van der Waals surface area contributed by atoms with Crippen molar-refractivity contribution in [3.8, 4) is 0 Å². The van der Waals surface area contributed by atoms with Crippen LogP contribution in [-0.2, 0) is 22.4 Å². The highest BCUT2D eigenvalue weighted by Crippen LogP contribution is 2.33. The molecule has 0 bridgehead atoms. The second-order valence-electron chi connectivity index (χ2n) is 7.68. The number of ether oxygens (including phenoxy) is 1. The Bertz CT molecular complexity index is 786. The number of cyclic esters (lactones) is 1. The van der Waals surface area contributed by atoms with Gasteiger partial charge in [0.2, 0.25) is 5.91 Å². The SMILES string of the molecule is CC[C@H](Cc1ccccc1)C(=O)N1C(=O)OC(C)(C)[C@@H]1Cc1ccccc1. The highest BCUT2D eigenvalue weighted by Gasteiger charge is 2.51. The van der Waals surface area contributed by atoms with Crippen LogP contribution in [0.1, 0.15) is 38.3 Å². The third-order valence-corrected chi connectivity index (χ3v) is 5.34. The third-order valence-electron chi connectivity index (χ3n) is 5.34. The highest BCUT2D eigenvalue weighted by atomic mass is 16.6. The van der Waals surface area contributed by atoms with Crippen LogP contribution in [0.5, 0.6) is 0 Å². The fourth-order valence-electron chi connectivity index (χ4n) is 3.70. The maximum absolute atomic E-state index is 13.3. The molecule has 2 aromatic rings. The lowest BCUT2D eigenvalue weighted by molar-refractivity contribution is -0.134. The summed E-state index contributed by atoms with van der Waals surface area (Å²) in [7, 11) is 0. The minimum Gasteiger partial charge on any atom is -0.441 e. The number of hydrogen-bond acceptors (Lipinski definition) is 3. The lowest BCUT2D eigenvalue weighted by Crippen LogP contribution is -2.48. The maximum atomic E-state index is 13.3. The molecule has 0 spiro atoms. The first-order valence-corrected chi connectivity index (χ1v) is 9.56. The van der Waals surface area contributed by atoms with E-state index in [4.69, 9.17) is 4.74 Å². The minimum atomic E-state index is -0.715. The zero-order valence-corrected chi connectivity index (χ0v) is 16.2. The highest BCUT2D eigenvalue weighted by molar-refractivity contribution is 5.95. The molecule has 2 amide bonds. The Labute approximate surface area is 161 Å². The first kappa shape index (κ1) is 19.2. The summed E-state index contributed by atoms with van der Waals surface area (Å²) in [5, 5.41) is 0. The van der Waals surface area contributed by atoms with Crippen molar-refractivity contribution in [3.05, 3.63) is 71.8 Å². The Morgan fingerprint density at radius 2 is 1.59 bits per heavy atom. The molecule has 1 aliphatic heterocycles. The van der Waals surface area contributed by atoms with E-state index in [0.717, 1.165) is 11.1 Å². The number of nitrogens with zero attached hydrogens (tertiary/aromatic N) is 1. The van der Waals surface area contributed by atoms with Gasteiger partial charge in [-0.15, -0.1) is 0 Å². The summed E-state index contributed by atoms with van der Waals surface area (Å²) >= 11 is 0. The molecule has 2 atom stereocenters. The van der Waals surface area contributed by atoms with Gasteiger partial charge < -0.3 is 4.74 Å². The van der Waals surface area contributed by atoms with E-state index in [1.54, 1.807) is 0 Å². The Morgan fingerprint density at radius 3 is 2.15 bits per heavy atom. The third kappa shape index (κ3) is 4.21. The molecule has 4 heteroatoms. The largest absolute Gasteiger partial charge is 0.441 e. The number of imide groups is 1. The van der Waals surface area contributed by atoms with Crippen LogP contribution in [0.25, 0.3) is 0 Å². The lowest BCUT2D eigenvalue weighted by Gasteiger charge is -2.30. The van der Waals surface area contributed by atoms with Crippen molar-refractivity contribution in [2.75, 3.05) is 0 Å². The van der Waals surface area contributed by atoms with Gasteiger partial charge in [0.25, 0.3) is 0 Å². The summed E-state index contributed by atoms with van der Waals surface area (Å²) in [5.74, 6) is -0.384. The fourth-order valence-corrected chi connectivity index (χ4v) is 3.70. The van der Waals surface area contributed by atoms with E-state index in [0.29, 0.717) is 19.3 Å². The van der Waals surface area contributed by atoms with E-state index in [1.165, 1.54) is 4.90 Å². The smallest absolute Gasteiger partial charge is 0.417 e. The van der Waals surface area contributed by atoms with Crippen LogP contribution in [0, 0.1) is 5.92 Å². The number of hydrogen-bond donors (Lipinski definition) is 0. The summed E-state index contributed by atoms with van der Waals surface area (Å²) < 4.78 is 5.58. The summed E-state index contributed by atoms with van der Waals surface area (Å²) in [6.45, 7) is 5.75. The molecule has 27 heavy (non-hydrogen) atoms. The van der Waals surface area contributed by atoms with Crippen LogP contribution in [-0.4, -0.2) is 28.5 Å². The van der Waals surface area contributed by atoms with Gasteiger partial charge in [-0.1, -0.05) is 67.6 Å². The molecular weight excluding hydrogens is 338 g/mol. The summed E-state index contributed by atoms with van der Waals surface area (Å²) in [5.41, 5.74) is 1.47. The average Bonchev–Trinajstić information content (AvgIpc) is 2.89. The van der Waals surface area contributed by atoms with Gasteiger partial charge in [-0.3, -0.25) is 4.79 Å². The van der Waals surface area contributed by atoms with Crippen LogP contribution in [0.4, 0.5) is 4.79 Å². The van der Waals surface area contributed by atoms with E-state index >= 15 is 0 Å². The number of carbonyl (C=O) groups excluding carboxylic acids is 2. The Morgan fingerprint density at radius 1 is 1.04 bits per heavy atom. The molecule has 2 aromatic carbocycles. The molecule has 1 saturated heterocycles. The van der Waals surface area contributed by atoms with Crippen LogP contribution in [0.15, 0.2) is 60.7 Å². The Balaban J connectivity index is 1.84. The van der Waals surface area contributed by atoms with Crippen molar-refractivity contribution in [3.63, 3.8) is 0 Å². The van der Waals surface area contributed by atoms with E-state index in [-0.39, 0.29) is 17.9 Å². The standard InChI is InChI=1S/C23H27NO3/c1-4-19(15-17-11-7-5-8-12-17)21(25)24-20(23(2,3)27-22(24)26)16-18-13-9-6-10-14-18/h5-14,19-20H,4,15-16H2,1-3H3/t19-,20+/m1/s1. The first-order valence-electron chi connectivity index (χ1n) is 9.56. The van der Waals surface area contributed by atoms with Crippen LogP contribution < -0.4 is 0 Å². The normalized spacial score (nSPS) is 19.6. The molecule has 0 aromatic heterocycles. The molecule has 1 aliphatic rings. The second kappa shape index (κ2) is 7.95. The number of carbonyl (C=O) groups is 2. The Kier molecular flexibility index (Phi) is 5.64. The van der Waals surface area contributed by atoms with Gasteiger partial charge >= 0.3 is 6.09 Å². The number of benzene rings is 2. The lowest BCUT2D eigenvalue weighted by atomic mass is 9.90. The number of amides is 2. The minimum absolute atomic E-state index is 0.141. The fraction of sp³-hybridized carbons (Fsp3) is 0.391. The number of rotatable bonds is 6. The summed E-state index contributed by atoms with van der Waals surface area (Å²) in [4.78, 5) is 27.3. The van der Waals surface area contributed by atoms with Crippen molar-refractivity contribution in [2.24, 2.45) is 5.92 Å². The van der Waals surface area contributed by atoms with Crippen molar-refractivity contribution in [2.45, 2.75) is 51.7 Å². The molecule has 0 radical (unpaired) electrons. The Hall–Kier alpha value is -2.62. The molecule has 1 heterocycles. The maximum Gasteiger partial charge on any atom is 0.417 e. The topological polar surface area (TPSA) is 46.6 Å². The van der Waals surface area contributed by atoms with Gasteiger partial charge in [0.05, 0.1) is 6.04 Å². The van der Waals surface area contributed by atoms with Crippen molar-refractivity contribution in [1.82, 2.24) is 4.90 Å². The molecule has 3 rings (SSSR count). The average molecular weight is 365 g/mol. The van der Waals surface area contributed by atoms with Crippen LogP contribution in [0.2, 0.25) is 0 Å². The first-order chi connectivity index (χ1) is 12.9. The van der Waals surface area contributed by atoms with Crippen LogP contribution >= 0.6 is 0 Å². The van der Waals surface area contributed by atoms with Gasteiger partial charge in [-0.25, -0.2) is 9.69 Å². The van der Waals surface area contributed by atoms with E-state index in [9.17, 15) is 9.59 Å². The molecule has 1 fully saturated rings. The zero-order chi connectivity index (χ0) is 19.4. The van der Waals surface area contributed by atoms with Crippen LogP contribution in [0.3, 0.4) is 0 Å². The molecular formula is C23H27NO3. The molecule has 0 N–H and O–H groups in total. The van der Waals surface area contributed by atoms with Gasteiger partial charge in [0, 0.05) is 5.92 Å². The van der Waals surface area contributed by atoms with E-state index in [1.807, 2.05) is 81.4 Å². The molecule has 0 unspecified atom stereocenters.